The largest absolute Gasteiger partial charge is 0.339 e. The van der Waals surface area contributed by atoms with Crippen LogP contribution in [0, 0.1) is 23.7 Å². The minimum absolute atomic E-state index is 0.00198. The third-order valence-electron chi connectivity index (χ3n) is 8.15. The van der Waals surface area contributed by atoms with Crippen molar-refractivity contribution in [2.24, 2.45) is 23.7 Å². The van der Waals surface area contributed by atoms with Gasteiger partial charge in [-0.1, -0.05) is 26.0 Å². The number of aromatic nitrogens is 2. The highest BCUT2D eigenvalue weighted by Crippen LogP contribution is 2.33. The quantitative estimate of drug-likeness (QED) is 0.618. The van der Waals surface area contributed by atoms with Gasteiger partial charge in [-0.25, -0.2) is 4.79 Å². The molecule has 0 radical (unpaired) electrons. The number of amides is 2. The minimum atomic E-state index is -0.232. The Morgan fingerprint density at radius 2 is 1.33 bits per heavy atom. The summed E-state index contributed by atoms with van der Waals surface area (Å²) in [7, 11) is 0. The lowest BCUT2D eigenvalue weighted by Crippen LogP contribution is -2.52. The van der Waals surface area contributed by atoms with E-state index < -0.39 is 0 Å². The summed E-state index contributed by atoms with van der Waals surface area (Å²) >= 11 is 0. The molecule has 2 aliphatic carbocycles. The van der Waals surface area contributed by atoms with Crippen LogP contribution in [0.3, 0.4) is 0 Å². The second kappa shape index (κ2) is 10.2. The fraction of sp³-hybridized carbons (Fsp3) is 0.643. The lowest BCUT2D eigenvalue weighted by atomic mass is 9.81. The van der Waals surface area contributed by atoms with Gasteiger partial charge < -0.3 is 9.80 Å². The summed E-state index contributed by atoms with van der Waals surface area (Å²) in [5.41, 5.74) is 0.252. The van der Waals surface area contributed by atoms with E-state index >= 15 is 0 Å². The van der Waals surface area contributed by atoms with Crippen LogP contribution in [-0.4, -0.2) is 56.9 Å². The molecule has 2 heterocycles. The summed E-state index contributed by atoms with van der Waals surface area (Å²) in [5, 5.41) is 0.584. The standard InChI is InChI=1S/C28H38N4O4/c1-19(2)17-31-24-6-4-3-5-23(24)27(35)32(28(31)36)18-20-7-9-21(10-8-20)25(33)29-13-15-30(16-14-29)26(34)22-11-12-22/h3-6,19-22H,7-18H2,1-2H3/t20-,21-. The maximum atomic E-state index is 13.3. The van der Waals surface area contributed by atoms with E-state index in [9.17, 15) is 19.2 Å². The summed E-state index contributed by atoms with van der Waals surface area (Å²) in [5.74, 6) is 1.19. The summed E-state index contributed by atoms with van der Waals surface area (Å²) in [6, 6.07) is 7.36. The lowest BCUT2D eigenvalue weighted by Gasteiger charge is -2.38. The molecule has 1 aliphatic heterocycles. The Hall–Kier alpha value is -2.90. The average molecular weight is 495 g/mol. The Morgan fingerprint density at radius 1 is 0.806 bits per heavy atom. The Kier molecular flexibility index (Phi) is 7.04. The maximum Gasteiger partial charge on any atom is 0.331 e. The van der Waals surface area contributed by atoms with Crippen molar-refractivity contribution in [2.75, 3.05) is 26.2 Å². The van der Waals surface area contributed by atoms with Crippen molar-refractivity contribution in [1.82, 2.24) is 18.9 Å². The third-order valence-corrected chi connectivity index (χ3v) is 8.15. The van der Waals surface area contributed by atoms with Crippen LogP contribution < -0.4 is 11.2 Å². The van der Waals surface area contributed by atoms with E-state index in [4.69, 9.17) is 0 Å². The number of carbonyl (C=O) groups excluding carboxylic acids is 2. The molecule has 0 atom stereocenters. The number of benzene rings is 1. The molecule has 1 saturated heterocycles. The molecule has 194 valence electrons. The van der Waals surface area contributed by atoms with E-state index in [0.29, 0.717) is 50.2 Å². The summed E-state index contributed by atoms with van der Waals surface area (Å²) in [4.78, 5) is 55.9. The molecule has 3 aliphatic rings. The zero-order chi connectivity index (χ0) is 25.4. The first-order chi connectivity index (χ1) is 17.3. The molecule has 8 nitrogen and oxygen atoms in total. The number of nitrogens with zero attached hydrogens (tertiary/aromatic N) is 4. The van der Waals surface area contributed by atoms with Crippen LogP contribution in [-0.2, 0) is 22.7 Å². The number of rotatable bonds is 6. The Morgan fingerprint density at radius 3 is 1.86 bits per heavy atom. The smallest absolute Gasteiger partial charge is 0.331 e. The summed E-state index contributed by atoms with van der Waals surface area (Å²) < 4.78 is 3.16. The predicted molar refractivity (Wildman–Crippen MR) is 139 cm³/mol. The molecule has 0 unspecified atom stereocenters. The van der Waals surface area contributed by atoms with Gasteiger partial charge in [0.25, 0.3) is 5.56 Å². The fourth-order valence-corrected chi connectivity index (χ4v) is 5.92. The molecule has 2 aromatic rings. The van der Waals surface area contributed by atoms with Crippen LogP contribution in [0.2, 0.25) is 0 Å². The molecule has 0 N–H and O–H groups in total. The normalized spacial score (nSPS) is 22.9. The van der Waals surface area contributed by atoms with Gasteiger partial charge in [-0.2, -0.15) is 0 Å². The van der Waals surface area contributed by atoms with E-state index in [1.54, 1.807) is 10.6 Å². The van der Waals surface area contributed by atoms with E-state index in [-0.39, 0.29) is 46.7 Å². The van der Waals surface area contributed by atoms with Gasteiger partial charge in [0.15, 0.2) is 0 Å². The minimum Gasteiger partial charge on any atom is -0.339 e. The molecular weight excluding hydrogens is 456 g/mol. The van der Waals surface area contributed by atoms with E-state index in [2.05, 4.69) is 13.8 Å². The van der Waals surface area contributed by atoms with Gasteiger partial charge in [0, 0.05) is 51.1 Å². The lowest BCUT2D eigenvalue weighted by molar-refractivity contribution is -0.143. The van der Waals surface area contributed by atoms with Crippen molar-refractivity contribution in [3.05, 3.63) is 45.1 Å². The van der Waals surface area contributed by atoms with Crippen molar-refractivity contribution in [2.45, 2.75) is 65.5 Å². The number of piperazine rings is 1. The van der Waals surface area contributed by atoms with Crippen LogP contribution in [0.4, 0.5) is 0 Å². The van der Waals surface area contributed by atoms with Crippen molar-refractivity contribution < 1.29 is 9.59 Å². The molecule has 1 aromatic carbocycles. The predicted octanol–water partition coefficient (Wildman–Crippen LogP) is 2.71. The topological polar surface area (TPSA) is 84.6 Å². The van der Waals surface area contributed by atoms with Gasteiger partial charge in [0.05, 0.1) is 10.9 Å². The summed E-state index contributed by atoms with van der Waals surface area (Å²) in [6.07, 6.45) is 5.26. The zero-order valence-electron chi connectivity index (χ0n) is 21.5. The second-order valence-corrected chi connectivity index (χ2v) is 11.4. The molecule has 1 aromatic heterocycles. The first-order valence-electron chi connectivity index (χ1n) is 13.6. The highest BCUT2D eigenvalue weighted by molar-refractivity contribution is 5.82. The van der Waals surface area contributed by atoms with E-state index in [0.717, 1.165) is 38.5 Å². The van der Waals surface area contributed by atoms with Gasteiger partial charge >= 0.3 is 5.69 Å². The van der Waals surface area contributed by atoms with Gasteiger partial charge in [-0.15, -0.1) is 0 Å². The van der Waals surface area contributed by atoms with Crippen molar-refractivity contribution in [1.29, 1.82) is 0 Å². The molecule has 5 rings (SSSR count). The molecule has 2 amide bonds. The van der Waals surface area contributed by atoms with Gasteiger partial charge in [-0.05, 0) is 62.5 Å². The van der Waals surface area contributed by atoms with Crippen LogP contribution >= 0.6 is 0 Å². The van der Waals surface area contributed by atoms with Crippen LogP contribution in [0.25, 0.3) is 10.9 Å². The number of para-hydroxylation sites is 1. The zero-order valence-corrected chi connectivity index (χ0v) is 21.5. The number of hydrogen-bond acceptors (Lipinski definition) is 4. The molecular formula is C28H38N4O4. The summed E-state index contributed by atoms with van der Waals surface area (Å²) in [6.45, 7) is 7.65. The first-order valence-corrected chi connectivity index (χ1v) is 13.6. The van der Waals surface area contributed by atoms with Crippen molar-refractivity contribution in [3.63, 3.8) is 0 Å². The number of fused-ring (bicyclic) bond motifs is 1. The number of carbonyl (C=O) groups is 2. The monoisotopic (exact) mass is 494 g/mol. The van der Waals surface area contributed by atoms with Crippen molar-refractivity contribution >= 4 is 22.7 Å². The van der Waals surface area contributed by atoms with Crippen LogP contribution in [0.15, 0.2) is 33.9 Å². The van der Waals surface area contributed by atoms with E-state index in [1.165, 1.54) is 4.57 Å². The molecule has 0 spiro atoms. The third kappa shape index (κ3) is 5.00. The fourth-order valence-electron chi connectivity index (χ4n) is 5.92. The van der Waals surface area contributed by atoms with Crippen LogP contribution in [0.1, 0.15) is 52.4 Å². The molecule has 2 saturated carbocycles. The SMILES string of the molecule is CC(C)Cn1c(=O)n(C[C@H]2CC[C@H](C(=O)N3CCN(C(=O)C4CC4)CC3)CC2)c(=O)c2ccccc21. The van der Waals surface area contributed by atoms with E-state index in [1.807, 2.05) is 28.0 Å². The Bertz CT molecular complexity index is 1240. The van der Waals surface area contributed by atoms with Gasteiger partial charge in [0.1, 0.15) is 0 Å². The molecule has 8 heteroatoms. The first kappa shape index (κ1) is 24.8. The molecule has 3 fully saturated rings. The van der Waals surface area contributed by atoms with Crippen LogP contribution in [0.5, 0.6) is 0 Å². The highest BCUT2D eigenvalue weighted by atomic mass is 16.2. The molecule has 0 bridgehead atoms. The maximum absolute atomic E-state index is 13.3. The average Bonchev–Trinajstić information content (AvgIpc) is 3.74. The molecule has 36 heavy (non-hydrogen) atoms. The highest BCUT2D eigenvalue weighted by Gasteiger charge is 2.36. The Labute approximate surface area is 211 Å². The second-order valence-electron chi connectivity index (χ2n) is 11.4. The van der Waals surface area contributed by atoms with Gasteiger partial charge in [0.2, 0.25) is 11.8 Å². The number of hydrogen-bond donors (Lipinski definition) is 0. The van der Waals surface area contributed by atoms with Crippen molar-refractivity contribution in [3.8, 4) is 0 Å². The Balaban J connectivity index is 1.22. The van der Waals surface area contributed by atoms with Gasteiger partial charge in [-0.3, -0.25) is 23.5 Å².